The lowest BCUT2D eigenvalue weighted by Crippen LogP contribution is -2.01. The Kier molecular flexibility index (Phi) is 8.23. The van der Waals surface area contributed by atoms with Gasteiger partial charge in [-0.05, 0) is 52.6 Å². The van der Waals surface area contributed by atoms with Crippen molar-refractivity contribution in [1.29, 1.82) is 0 Å². The van der Waals surface area contributed by atoms with Gasteiger partial charge in [0.2, 0.25) is 0 Å². The SMILES string of the molecule is Nc1ccc(-c2cccc(-c3nc(-c4cccc(-c5ccccc5-c5nc(-c6ccccc6)nc(-c6ccccc6)n5)c4)c4ccccc4n3)c2)cc1. The summed E-state index contributed by atoms with van der Waals surface area (Å²) in [7, 11) is 0. The molecule has 2 heterocycles. The third kappa shape index (κ3) is 6.41. The van der Waals surface area contributed by atoms with E-state index >= 15 is 0 Å². The van der Waals surface area contributed by atoms with Gasteiger partial charge in [-0.25, -0.2) is 24.9 Å². The van der Waals surface area contributed by atoms with Crippen molar-refractivity contribution >= 4 is 16.6 Å². The van der Waals surface area contributed by atoms with E-state index in [9.17, 15) is 0 Å². The minimum absolute atomic E-state index is 0.606. The average Bonchev–Trinajstić information content (AvgIpc) is 3.24. The van der Waals surface area contributed by atoms with Crippen LogP contribution in [0.5, 0.6) is 0 Å². The van der Waals surface area contributed by atoms with Crippen LogP contribution in [0.15, 0.2) is 182 Å². The van der Waals surface area contributed by atoms with Crippen molar-refractivity contribution < 1.29 is 0 Å². The molecule has 2 aromatic heterocycles. The summed E-state index contributed by atoms with van der Waals surface area (Å²) in [5.74, 6) is 2.51. The highest BCUT2D eigenvalue weighted by Gasteiger charge is 2.17. The first-order valence-electron chi connectivity index (χ1n) is 17.5. The molecule has 0 saturated carbocycles. The molecule has 0 aliphatic rings. The zero-order valence-electron chi connectivity index (χ0n) is 28.6. The van der Waals surface area contributed by atoms with Crippen LogP contribution in [0.3, 0.4) is 0 Å². The standard InChI is InChI=1S/C47H32N6/c48-38-27-25-31(26-28-38)34-17-11-20-37(29-34)46-49-42-24-10-9-23-41(42)43(50-46)36-19-12-18-35(30-36)39-21-7-8-22-40(39)47-52-44(32-13-3-1-4-14-32)51-45(53-47)33-15-5-2-6-16-33/h1-30H,48H2. The molecule has 7 aromatic carbocycles. The fourth-order valence-corrected chi connectivity index (χ4v) is 6.63. The van der Waals surface area contributed by atoms with Crippen molar-refractivity contribution in [2.75, 3.05) is 5.73 Å². The molecular weight excluding hydrogens is 649 g/mol. The number of hydrogen-bond donors (Lipinski definition) is 1. The number of fused-ring (bicyclic) bond motifs is 1. The quantitative estimate of drug-likeness (QED) is 0.169. The number of hydrogen-bond acceptors (Lipinski definition) is 6. The lowest BCUT2D eigenvalue weighted by Gasteiger charge is -2.14. The molecule has 0 radical (unpaired) electrons. The lowest BCUT2D eigenvalue weighted by molar-refractivity contribution is 1.07. The highest BCUT2D eigenvalue weighted by atomic mass is 15.0. The molecule has 9 rings (SSSR count). The minimum Gasteiger partial charge on any atom is -0.399 e. The highest BCUT2D eigenvalue weighted by molar-refractivity contribution is 5.95. The first kappa shape index (κ1) is 31.7. The molecule has 0 bridgehead atoms. The topological polar surface area (TPSA) is 90.5 Å². The molecule has 0 spiro atoms. The van der Waals surface area contributed by atoms with Crippen LogP contribution in [0.25, 0.3) is 90.0 Å². The molecule has 0 aliphatic heterocycles. The number of rotatable bonds is 7. The van der Waals surface area contributed by atoms with E-state index in [2.05, 4.69) is 66.7 Å². The molecule has 2 N–H and O–H groups in total. The Morgan fingerprint density at radius 1 is 0.302 bits per heavy atom. The summed E-state index contributed by atoms with van der Waals surface area (Å²) in [5.41, 5.74) is 17.3. The number of benzene rings is 7. The van der Waals surface area contributed by atoms with Crippen molar-refractivity contribution in [3.05, 3.63) is 182 Å². The smallest absolute Gasteiger partial charge is 0.164 e. The second-order valence-electron chi connectivity index (χ2n) is 12.8. The summed E-state index contributed by atoms with van der Waals surface area (Å²) >= 11 is 0. The van der Waals surface area contributed by atoms with Gasteiger partial charge in [-0.15, -0.1) is 0 Å². The summed E-state index contributed by atoms with van der Waals surface area (Å²) in [6, 6.07) is 61.3. The molecule has 0 amide bonds. The van der Waals surface area contributed by atoms with Gasteiger partial charge >= 0.3 is 0 Å². The Bertz CT molecular complexity index is 2670. The van der Waals surface area contributed by atoms with E-state index in [0.717, 1.165) is 72.4 Å². The van der Waals surface area contributed by atoms with Gasteiger partial charge in [0.1, 0.15) is 0 Å². The van der Waals surface area contributed by atoms with Gasteiger partial charge in [0.25, 0.3) is 0 Å². The number of nitrogen functional groups attached to an aromatic ring is 1. The third-order valence-electron chi connectivity index (χ3n) is 9.28. The predicted molar refractivity (Wildman–Crippen MR) is 215 cm³/mol. The zero-order valence-corrected chi connectivity index (χ0v) is 28.6. The summed E-state index contributed by atoms with van der Waals surface area (Å²) in [6.07, 6.45) is 0. The van der Waals surface area contributed by atoms with E-state index in [0.29, 0.717) is 23.3 Å². The monoisotopic (exact) mass is 680 g/mol. The third-order valence-corrected chi connectivity index (χ3v) is 9.28. The van der Waals surface area contributed by atoms with E-state index in [1.54, 1.807) is 0 Å². The molecule has 0 atom stereocenters. The predicted octanol–water partition coefficient (Wildman–Crippen LogP) is 11.1. The fourth-order valence-electron chi connectivity index (χ4n) is 6.63. The highest BCUT2D eigenvalue weighted by Crippen LogP contribution is 2.36. The Labute approximate surface area is 307 Å². The van der Waals surface area contributed by atoms with E-state index in [1.807, 2.05) is 115 Å². The maximum absolute atomic E-state index is 5.96. The van der Waals surface area contributed by atoms with Crippen molar-refractivity contribution in [3.8, 4) is 79.1 Å². The van der Waals surface area contributed by atoms with Gasteiger partial charge in [0.15, 0.2) is 23.3 Å². The van der Waals surface area contributed by atoms with Crippen LogP contribution in [-0.4, -0.2) is 24.9 Å². The van der Waals surface area contributed by atoms with Crippen molar-refractivity contribution in [3.63, 3.8) is 0 Å². The second kappa shape index (κ2) is 13.8. The number of nitrogens with zero attached hydrogens (tertiary/aromatic N) is 5. The molecule has 0 unspecified atom stereocenters. The maximum Gasteiger partial charge on any atom is 0.164 e. The summed E-state index contributed by atoms with van der Waals surface area (Å²) < 4.78 is 0. The van der Waals surface area contributed by atoms with E-state index < -0.39 is 0 Å². The van der Waals surface area contributed by atoms with Gasteiger partial charge in [-0.1, -0.05) is 152 Å². The Hall–Kier alpha value is -7.31. The van der Waals surface area contributed by atoms with E-state index in [-0.39, 0.29) is 0 Å². The van der Waals surface area contributed by atoms with Crippen LogP contribution < -0.4 is 5.73 Å². The number of nitrogens with two attached hydrogens (primary N) is 1. The van der Waals surface area contributed by atoms with E-state index in [1.165, 1.54) is 0 Å². The summed E-state index contributed by atoms with van der Waals surface area (Å²) in [6.45, 7) is 0. The van der Waals surface area contributed by atoms with Crippen LogP contribution >= 0.6 is 0 Å². The van der Waals surface area contributed by atoms with Gasteiger partial charge in [-0.3, -0.25) is 0 Å². The van der Waals surface area contributed by atoms with Gasteiger partial charge < -0.3 is 5.73 Å². The molecule has 0 saturated heterocycles. The van der Waals surface area contributed by atoms with Gasteiger partial charge in [0.05, 0.1) is 11.2 Å². The van der Waals surface area contributed by atoms with E-state index in [4.69, 9.17) is 30.7 Å². The van der Waals surface area contributed by atoms with Crippen molar-refractivity contribution in [1.82, 2.24) is 24.9 Å². The van der Waals surface area contributed by atoms with Crippen LogP contribution in [0, 0.1) is 0 Å². The van der Waals surface area contributed by atoms with Crippen LogP contribution in [0.4, 0.5) is 5.69 Å². The molecule has 53 heavy (non-hydrogen) atoms. The van der Waals surface area contributed by atoms with Gasteiger partial charge in [-0.2, -0.15) is 0 Å². The Morgan fingerprint density at radius 2 is 0.811 bits per heavy atom. The normalized spacial score (nSPS) is 11.1. The fraction of sp³-hybridized carbons (Fsp3) is 0. The molecule has 6 heteroatoms. The second-order valence-corrected chi connectivity index (χ2v) is 12.8. The summed E-state index contributed by atoms with van der Waals surface area (Å²) in [4.78, 5) is 25.2. The van der Waals surface area contributed by atoms with Crippen LogP contribution in [0.2, 0.25) is 0 Å². The number of anilines is 1. The lowest BCUT2D eigenvalue weighted by atomic mass is 9.95. The Morgan fingerprint density at radius 3 is 1.53 bits per heavy atom. The zero-order chi connectivity index (χ0) is 35.6. The molecule has 0 aliphatic carbocycles. The number of para-hydroxylation sites is 1. The molecule has 0 fully saturated rings. The first-order valence-corrected chi connectivity index (χ1v) is 17.5. The molecule has 9 aromatic rings. The maximum atomic E-state index is 5.96. The number of aromatic nitrogens is 5. The molecular formula is C47H32N6. The molecule has 6 nitrogen and oxygen atoms in total. The Balaban J connectivity index is 1.16. The van der Waals surface area contributed by atoms with Crippen molar-refractivity contribution in [2.45, 2.75) is 0 Å². The average molecular weight is 681 g/mol. The molecule has 250 valence electrons. The minimum atomic E-state index is 0.606. The van der Waals surface area contributed by atoms with Crippen LogP contribution in [-0.2, 0) is 0 Å². The summed E-state index contributed by atoms with van der Waals surface area (Å²) in [5, 5.41) is 0.980. The van der Waals surface area contributed by atoms with Gasteiger partial charge in [0, 0.05) is 38.9 Å². The van der Waals surface area contributed by atoms with Crippen molar-refractivity contribution in [2.24, 2.45) is 0 Å². The first-order chi connectivity index (χ1) is 26.2. The van der Waals surface area contributed by atoms with Crippen LogP contribution in [0.1, 0.15) is 0 Å². The largest absolute Gasteiger partial charge is 0.399 e.